The lowest BCUT2D eigenvalue weighted by Gasteiger charge is -2.28. The summed E-state index contributed by atoms with van der Waals surface area (Å²) in [5.41, 5.74) is 2.73. The average molecular weight is 313 g/mol. The summed E-state index contributed by atoms with van der Waals surface area (Å²) in [6.45, 7) is 1.15. The molecule has 2 nitrogen and oxygen atoms in total. The van der Waals surface area contributed by atoms with Gasteiger partial charge in [0, 0.05) is 24.1 Å². The Hall–Kier alpha value is -1.29. The standard InChI is InChI=1S/C19H23NOS/c21-12-10-16(15-6-2-1-3-7-15)14-20-18-11-13-22-19-9-5-4-8-17(18)19/h1-9,16,18,20-21H,10-14H2. The van der Waals surface area contributed by atoms with E-state index in [0.29, 0.717) is 12.0 Å². The predicted molar refractivity (Wildman–Crippen MR) is 93.4 cm³/mol. The smallest absolute Gasteiger partial charge is 0.0437 e. The molecule has 0 fully saturated rings. The van der Waals surface area contributed by atoms with Crippen LogP contribution in [0.5, 0.6) is 0 Å². The quantitative estimate of drug-likeness (QED) is 0.846. The van der Waals surface area contributed by atoms with Crippen molar-refractivity contribution in [1.82, 2.24) is 5.32 Å². The molecular weight excluding hydrogens is 290 g/mol. The first kappa shape index (κ1) is 15.6. The Morgan fingerprint density at radius 2 is 1.86 bits per heavy atom. The number of nitrogens with one attached hydrogen (secondary N) is 1. The summed E-state index contributed by atoms with van der Waals surface area (Å²) >= 11 is 1.95. The second-order valence-electron chi connectivity index (χ2n) is 5.76. The van der Waals surface area contributed by atoms with Crippen LogP contribution in [0.2, 0.25) is 0 Å². The maximum atomic E-state index is 9.36. The van der Waals surface area contributed by atoms with Gasteiger partial charge in [-0.25, -0.2) is 0 Å². The fraction of sp³-hybridized carbons (Fsp3) is 0.368. The zero-order valence-corrected chi connectivity index (χ0v) is 13.6. The Balaban J connectivity index is 1.68. The van der Waals surface area contributed by atoms with Crippen molar-refractivity contribution in [2.24, 2.45) is 0 Å². The maximum absolute atomic E-state index is 9.36. The summed E-state index contributed by atoms with van der Waals surface area (Å²) in [7, 11) is 0. The molecule has 2 atom stereocenters. The summed E-state index contributed by atoms with van der Waals surface area (Å²) in [6, 6.07) is 19.6. The Labute approximate surface area is 137 Å². The first-order chi connectivity index (χ1) is 10.9. The minimum Gasteiger partial charge on any atom is -0.396 e. The van der Waals surface area contributed by atoms with E-state index in [-0.39, 0.29) is 6.61 Å². The lowest BCUT2D eigenvalue weighted by molar-refractivity contribution is 0.271. The van der Waals surface area contributed by atoms with Gasteiger partial charge in [0.1, 0.15) is 0 Å². The van der Waals surface area contributed by atoms with E-state index < -0.39 is 0 Å². The monoisotopic (exact) mass is 313 g/mol. The van der Waals surface area contributed by atoms with E-state index in [0.717, 1.165) is 13.0 Å². The zero-order chi connectivity index (χ0) is 15.2. The molecule has 1 aliphatic heterocycles. The van der Waals surface area contributed by atoms with E-state index in [4.69, 9.17) is 0 Å². The van der Waals surface area contributed by atoms with Crippen molar-refractivity contribution in [1.29, 1.82) is 0 Å². The van der Waals surface area contributed by atoms with E-state index in [1.54, 1.807) is 0 Å². The fourth-order valence-electron chi connectivity index (χ4n) is 3.11. The van der Waals surface area contributed by atoms with Crippen LogP contribution in [0.25, 0.3) is 0 Å². The molecule has 3 rings (SSSR count). The second kappa shape index (κ2) is 7.82. The topological polar surface area (TPSA) is 32.3 Å². The van der Waals surface area contributed by atoms with Gasteiger partial charge in [0.2, 0.25) is 0 Å². The maximum Gasteiger partial charge on any atom is 0.0437 e. The Morgan fingerprint density at radius 1 is 1.09 bits per heavy atom. The highest BCUT2D eigenvalue weighted by atomic mass is 32.2. The van der Waals surface area contributed by atoms with Crippen LogP contribution >= 0.6 is 11.8 Å². The van der Waals surface area contributed by atoms with Gasteiger partial charge in [0.25, 0.3) is 0 Å². The minimum absolute atomic E-state index is 0.234. The molecule has 0 bridgehead atoms. The van der Waals surface area contributed by atoms with Gasteiger partial charge in [-0.05, 0) is 41.7 Å². The molecule has 2 aromatic rings. The molecular formula is C19H23NOS. The molecule has 1 aliphatic rings. The Kier molecular flexibility index (Phi) is 5.54. The summed E-state index contributed by atoms with van der Waals surface area (Å²) in [6.07, 6.45) is 1.97. The van der Waals surface area contributed by atoms with E-state index >= 15 is 0 Å². The third kappa shape index (κ3) is 3.72. The van der Waals surface area contributed by atoms with E-state index in [1.807, 2.05) is 17.8 Å². The number of aliphatic hydroxyl groups is 1. The van der Waals surface area contributed by atoms with Crippen molar-refractivity contribution >= 4 is 11.8 Å². The number of aliphatic hydroxyl groups excluding tert-OH is 1. The normalized spacial score (nSPS) is 18.7. The molecule has 0 amide bonds. The summed E-state index contributed by atoms with van der Waals surface area (Å²) in [4.78, 5) is 1.41. The number of hydrogen-bond acceptors (Lipinski definition) is 3. The van der Waals surface area contributed by atoms with Crippen LogP contribution < -0.4 is 5.32 Å². The molecule has 2 N–H and O–H groups in total. The molecule has 0 spiro atoms. The van der Waals surface area contributed by atoms with Gasteiger partial charge in [-0.15, -0.1) is 11.8 Å². The highest BCUT2D eigenvalue weighted by Crippen LogP contribution is 2.36. The molecule has 2 aromatic carbocycles. The largest absolute Gasteiger partial charge is 0.396 e. The number of fused-ring (bicyclic) bond motifs is 1. The van der Waals surface area contributed by atoms with E-state index in [9.17, 15) is 5.11 Å². The second-order valence-corrected chi connectivity index (χ2v) is 6.89. The van der Waals surface area contributed by atoms with Gasteiger partial charge < -0.3 is 10.4 Å². The summed E-state index contributed by atoms with van der Waals surface area (Å²) < 4.78 is 0. The summed E-state index contributed by atoms with van der Waals surface area (Å²) in [5, 5.41) is 13.1. The number of benzene rings is 2. The van der Waals surface area contributed by atoms with Gasteiger partial charge in [0.15, 0.2) is 0 Å². The van der Waals surface area contributed by atoms with E-state index in [1.165, 1.54) is 28.2 Å². The van der Waals surface area contributed by atoms with Crippen LogP contribution in [-0.2, 0) is 0 Å². The van der Waals surface area contributed by atoms with Crippen molar-refractivity contribution in [3.8, 4) is 0 Å². The molecule has 3 heteroatoms. The van der Waals surface area contributed by atoms with Crippen molar-refractivity contribution < 1.29 is 5.11 Å². The molecule has 0 saturated carbocycles. The molecule has 0 radical (unpaired) electrons. The van der Waals surface area contributed by atoms with Gasteiger partial charge in [-0.3, -0.25) is 0 Å². The predicted octanol–water partition coefficient (Wildman–Crippen LogP) is 3.98. The lowest BCUT2D eigenvalue weighted by atomic mass is 9.95. The summed E-state index contributed by atoms with van der Waals surface area (Å²) in [5.74, 6) is 1.54. The number of hydrogen-bond donors (Lipinski definition) is 2. The molecule has 1 heterocycles. The fourth-order valence-corrected chi connectivity index (χ4v) is 4.23. The van der Waals surface area contributed by atoms with E-state index in [2.05, 4.69) is 53.8 Å². The minimum atomic E-state index is 0.234. The Bertz CT molecular complexity index is 587. The van der Waals surface area contributed by atoms with Crippen LogP contribution in [-0.4, -0.2) is 24.0 Å². The van der Waals surface area contributed by atoms with Crippen LogP contribution in [0.15, 0.2) is 59.5 Å². The van der Waals surface area contributed by atoms with Crippen LogP contribution in [0.1, 0.15) is 35.9 Å². The number of rotatable bonds is 6. The molecule has 2 unspecified atom stereocenters. The molecule has 116 valence electrons. The van der Waals surface area contributed by atoms with Gasteiger partial charge in [-0.2, -0.15) is 0 Å². The molecule has 0 aliphatic carbocycles. The highest BCUT2D eigenvalue weighted by molar-refractivity contribution is 7.99. The van der Waals surface area contributed by atoms with Crippen LogP contribution in [0, 0.1) is 0 Å². The van der Waals surface area contributed by atoms with Crippen molar-refractivity contribution in [3.05, 3.63) is 65.7 Å². The van der Waals surface area contributed by atoms with Crippen LogP contribution in [0.4, 0.5) is 0 Å². The van der Waals surface area contributed by atoms with Crippen molar-refractivity contribution in [2.75, 3.05) is 18.9 Å². The zero-order valence-electron chi connectivity index (χ0n) is 12.7. The van der Waals surface area contributed by atoms with Gasteiger partial charge in [-0.1, -0.05) is 48.5 Å². The first-order valence-corrected chi connectivity index (χ1v) is 8.98. The average Bonchev–Trinajstić information content (AvgIpc) is 2.59. The van der Waals surface area contributed by atoms with Crippen molar-refractivity contribution in [2.45, 2.75) is 29.7 Å². The third-order valence-corrected chi connectivity index (χ3v) is 5.44. The first-order valence-electron chi connectivity index (χ1n) is 7.99. The highest BCUT2D eigenvalue weighted by Gasteiger charge is 2.21. The lowest BCUT2D eigenvalue weighted by Crippen LogP contribution is -2.29. The van der Waals surface area contributed by atoms with Crippen LogP contribution in [0.3, 0.4) is 0 Å². The van der Waals surface area contributed by atoms with Crippen molar-refractivity contribution in [3.63, 3.8) is 0 Å². The molecule has 0 saturated heterocycles. The third-order valence-electron chi connectivity index (χ3n) is 4.32. The van der Waals surface area contributed by atoms with Gasteiger partial charge in [0.05, 0.1) is 0 Å². The molecule has 0 aromatic heterocycles. The Morgan fingerprint density at radius 3 is 2.68 bits per heavy atom. The SMILES string of the molecule is OCCC(CNC1CCSc2ccccc21)c1ccccc1. The van der Waals surface area contributed by atoms with Gasteiger partial charge >= 0.3 is 0 Å². The molecule has 22 heavy (non-hydrogen) atoms. The number of thioether (sulfide) groups is 1.